The molecule has 3 N–H and O–H groups in total. The highest BCUT2D eigenvalue weighted by Gasteiger charge is 2.25. The summed E-state index contributed by atoms with van der Waals surface area (Å²) in [6.07, 6.45) is 7.36. The molecule has 1 aliphatic heterocycles. The molecule has 2 amide bonds. The summed E-state index contributed by atoms with van der Waals surface area (Å²) in [5, 5.41) is 12.9. The molecule has 0 fully saturated rings. The minimum absolute atomic E-state index is 0.132. The fourth-order valence-electron chi connectivity index (χ4n) is 3.76. The molecular weight excluding hydrogens is 404 g/mol. The van der Waals surface area contributed by atoms with Crippen LogP contribution in [0.3, 0.4) is 0 Å². The maximum atomic E-state index is 13.1. The Labute approximate surface area is 173 Å². The van der Waals surface area contributed by atoms with Crippen molar-refractivity contribution in [1.82, 2.24) is 14.8 Å². The largest absolute Gasteiger partial charge is 0.477 e. The van der Waals surface area contributed by atoms with Gasteiger partial charge in [0.05, 0.1) is 18.5 Å². The number of benzene rings is 1. The second-order valence-electron chi connectivity index (χ2n) is 7.19. The van der Waals surface area contributed by atoms with E-state index >= 15 is 0 Å². The zero-order valence-electron chi connectivity index (χ0n) is 16.1. The Morgan fingerprint density at radius 2 is 2.07 bits per heavy atom. The zero-order chi connectivity index (χ0) is 20.7. The second-order valence-corrected chi connectivity index (χ2v) is 8.95. The van der Waals surface area contributed by atoms with Crippen molar-refractivity contribution < 1.29 is 13.7 Å². The average Bonchev–Trinajstić information content (AvgIpc) is 3.15. The first-order chi connectivity index (χ1) is 14.5. The van der Waals surface area contributed by atoms with Crippen molar-refractivity contribution in [2.45, 2.75) is 30.7 Å². The maximum Gasteiger partial charge on any atom is 0.354 e. The van der Waals surface area contributed by atoms with E-state index < -0.39 is 15.9 Å². The van der Waals surface area contributed by atoms with Gasteiger partial charge in [-0.2, -0.15) is 5.10 Å². The number of carbonyl (C=O) groups is 1. The van der Waals surface area contributed by atoms with Crippen LogP contribution in [0.1, 0.15) is 17.5 Å². The number of nitrogens with one attached hydrogen (secondary N) is 1. The van der Waals surface area contributed by atoms with Crippen molar-refractivity contribution in [2.75, 3.05) is 11.9 Å². The van der Waals surface area contributed by atoms with Crippen molar-refractivity contribution in [1.29, 1.82) is 0 Å². The van der Waals surface area contributed by atoms with Gasteiger partial charge in [-0.05, 0) is 41.7 Å². The number of pyridine rings is 1. The van der Waals surface area contributed by atoms with Crippen LogP contribution in [0.5, 0.6) is 5.88 Å². The van der Waals surface area contributed by atoms with E-state index in [2.05, 4.69) is 25.8 Å². The van der Waals surface area contributed by atoms with Crippen molar-refractivity contribution in [3.8, 4) is 17.0 Å². The fraction of sp³-hybridized carbons (Fsp3) is 0.250. The smallest absolute Gasteiger partial charge is 0.354 e. The molecule has 154 valence electrons. The summed E-state index contributed by atoms with van der Waals surface area (Å²) in [5.41, 5.74) is 4.68. The molecule has 0 saturated heterocycles. The summed E-state index contributed by atoms with van der Waals surface area (Å²) in [6, 6.07) is 6.99. The summed E-state index contributed by atoms with van der Waals surface area (Å²) in [7, 11) is -3.52. The number of rotatable bonds is 3. The van der Waals surface area contributed by atoms with Gasteiger partial charge in [-0.3, -0.25) is 4.98 Å². The Balaban J connectivity index is 1.50. The molecule has 10 heteroatoms. The Hall–Kier alpha value is -3.24. The standard InChI is InChI=1S/C20H20N6O3S/c21-30(28,17-12-23-26-10-1-11-29-19(17)26)25-20(27)24-18-15-4-2-13(15)3-5-16(18)14-6-8-22-9-7-14/h3,5-9,12H,1-2,4,10-11H2,(H3,21,24,25,27,28). The van der Waals surface area contributed by atoms with Crippen LogP contribution in [0, 0.1) is 0 Å². The maximum absolute atomic E-state index is 13.1. The molecule has 3 heterocycles. The Bertz CT molecular complexity index is 1260. The number of hydrogen-bond acceptors (Lipinski definition) is 5. The third-order valence-corrected chi connectivity index (χ3v) is 6.67. The van der Waals surface area contributed by atoms with Gasteiger partial charge in [-0.25, -0.2) is 18.8 Å². The van der Waals surface area contributed by atoms with Crippen molar-refractivity contribution >= 4 is 21.6 Å². The summed E-state index contributed by atoms with van der Waals surface area (Å²) in [5.74, 6) is 0.312. The summed E-state index contributed by atoms with van der Waals surface area (Å²) in [4.78, 5) is 16.9. The molecule has 1 aromatic carbocycles. The number of carbonyl (C=O) groups excluding carboxylic acids is 1. The third-order valence-electron chi connectivity index (χ3n) is 5.32. The van der Waals surface area contributed by atoms with Gasteiger partial charge in [0.15, 0.2) is 9.92 Å². The molecular formula is C20H20N6O3S. The predicted molar refractivity (Wildman–Crippen MR) is 111 cm³/mol. The number of nitrogens with zero attached hydrogens (tertiary/aromatic N) is 4. The molecule has 1 unspecified atom stereocenters. The van der Waals surface area contributed by atoms with Crippen molar-refractivity contribution in [2.24, 2.45) is 9.50 Å². The quantitative estimate of drug-likeness (QED) is 0.669. The SMILES string of the molecule is NS(=O)(=NC(=O)Nc1c(-c2ccncc2)ccc2c1CC2)c1cnn2c1OCCC2. The number of aromatic nitrogens is 3. The number of amides is 2. The monoisotopic (exact) mass is 424 g/mol. The number of fused-ring (bicyclic) bond motifs is 2. The molecule has 5 rings (SSSR count). The lowest BCUT2D eigenvalue weighted by Gasteiger charge is -2.25. The molecule has 0 radical (unpaired) electrons. The van der Waals surface area contributed by atoms with E-state index in [1.807, 2.05) is 18.2 Å². The molecule has 2 aliphatic rings. The summed E-state index contributed by atoms with van der Waals surface area (Å²) >= 11 is 0. The highest BCUT2D eigenvalue weighted by atomic mass is 32.2. The molecule has 3 aromatic rings. The normalized spacial score (nSPS) is 16.3. The van der Waals surface area contributed by atoms with Crippen molar-refractivity contribution in [3.63, 3.8) is 0 Å². The average molecular weight is 424 g/mol. The van der Waals surface area contributed by atoms with Gasteiger partial charge in [0.2, 0.25) is 5.88 Å². The lowest BCUT2D eigenvalue weighted by molar-refractivity contribution is 0.224. The van der Waals surface area contributed by atoms with E-state index in [1.165, 1.54) is 11.8 Å². The van der Waals surface area contributed by atoms with Crippen LogP contribution in [0.25, 0.3) is 11.1 Å². The molecule has 0 bridgehead atoms. The first-order valence-electron chi connectivity index (χ1n) is 9.62. The lowest BCUT2D eigenvalue weighted by atomic mass is 9.84. The minimum atomic E-state index is -3.52. The predicted octanol–water partition coefficient (Wildman–Crippen LogP) is 2.76. The van der Waals surface area contributed by atoms with E-state index in [1.54, 1.807) is 17.1 Å². The minimum Gasteiger partial charge on any atom is -0.477 e. The van der Waals surface area contributed by atoms with Crippen LogP contribution in [0.4, 0.5) is 10.5 Å². The van der Waals surface area contributed by atoms with E-state index in [0.29, 0.717) is 24.7 Å². The lowest BCUT2D eigenvalue weighted by Crippen LogP contribution is -2.22. The van der Waals surface area contributed by atoms with E-state index in [0.717, 1.165) is 36.0 Å². The Morgan fingerprint density at radius 1 is 1.23 bits per heavy atom. The topological polar surface area (TPSA) is 124 Å². The molecule has 0 saturated carbocycles. The Kier molecular flexibility index (Phi) is 4.52. The summed E-state index contributed by atoms with van der Waals surface area (Å²) in [6.45, 7) is 1.12. The molecule has 30 heavy (non-hydrogen) atoms. The molecule has 2 aromatic heterocycles. The van der Waals surface area contributed by atoms with E-state index in [-0.39, 0.29) is 4.90 Å². The van der Waals surface area contributed by atoms with Gasteiger partial charge in [0.25, 0.3) is 0 Å². The van der Waals surface area contributed by atoms with Gasteiger partial charge in [-0.15, -0.1) is 4.36 Å². The Morgan fingerprint density at radius 3 is 2.83 bits per heavy atom. The van der Waals surface area contributed by atoms with Crippen LogP contribution in [-0.2, 0) is 29.3 Å². The summed E-state index contributed by atoms with van der Waals surface area (Å²) < 4.78 is 24.0. The number of hydrogen-bond donors (Lipinski definition) is 2. The molecule has 0 spiro atoms. The number of anilines is 1. The van der Waals surface area contributed by atoms with Crippen LogP contribution in [0.2, 0.25) is 0 Å². The van der Waals surface area contributed by atoms with E-state index in [9.17, 15) is 9.00 Å². The van der Waals surface area contributed by atoms with Crippen LogP contribution in [-0.4, -0.2) is 31.6 Å². The van der Waals surface area contributed by atoms with Gasteiger partial charge >= 0.3 is 6.03 Å². The van der Waals surface area contributed by atoms with Crippen LogP contribution in [0.15, 0.2) is 52.1 Å². The highest BCUT2D eigenvalue weighted by Crippen LogP contribution is 2.38. The first kappa shape index (κ1) is 18.8. The van der Waals surface area contributed by atoms with Gasteiger partial charge in [0.1, 0.15) is 4.90 Å². The van der Waals surface area contributed by atoms with Gasteiger partial charge < -0.3 is 10.1 Å². The van der Waals surface area contributed by atoms with E-state index in [4.69, 9.17) is 9.88 Å². The number of urea groups is 1. The molecule has 1 atom stereocenters. The molecule has 1 aliphatic carbocycles. The fourth-order valence-corrected chi connectivity index (χ4v) is 4.76. The van der Waals surface area contributed by atoms with Crippen LogP contribution < -0.4 is 15.2 Å². The highest BCUT2D eigenvalue weighted by molar-refractivity contribution is 7.91. The second kappa shape index (κ2) is 7.22. The third kappa shape index (κ3) is 3.23. The number of nitrogens with two attached hydrogens (primary N) is 1. The molecule has 9 nitrogen and oxygen atoms in total. The van der Waals surface area contributed by atoms with Crippen LogP contribution >= 0.6 is 0 Å². The van der Waals surface area contributed by atoms with Crippen molar-refractivity contribution in [3.05, 3.63) is 54.0 Å². The van der Waals surface area contributed by atoms with Gasteiger partial charge in [0, 0.05) is 30.9 Å². The number of ether oxygens (including phenoxy) is 1. The number of aryl methyl sites for hydroxylation is 2. The zero-order valence-corrected chi connectivity index (χ0v) is 16.9. The van der Waals surface area contributed by atoms with Gasteiger partial charge in [-0.1, -0.05) is 12.1 Å². The first-order valence-corrected chi connectivity index (χ1v) is 11.2.